The molecule has 3 atom stereocenters. The van der Waals surface area contributed by atoms with E-state index in [1.807, 2.05) is 25.1 Å². The monoisotopic (exact) mass is 382 g/mol. The maximum Gasteiger partial charge on any atom is 0.258 e. The fourth-order valence-corrected chi connectivity index (χ4v) is 4.91. The summed E-state index contributed by atoms with van der Waals surface area (Å²) < 4.78 is 1.75. The van der Waals surface area contributed by atoms with Crippen LogP contribution in [0.1, 0.15) is 59.0 Å². The summed E-state index contributed by atoms with van der Waals surface area (Å²) in [6.07, 6.45) is 7.78. The molecule has 2 saturated heterocycles. The van der Waals surface area contributed by atoms with Gasteiger partial charge in [0, 0.05) is 50.1 Å². The smallest absolute Gasteiger partial charge is 0.258 e. The number of amides is 1. The van der Waals surface area contributed by atoms with Crippen molar-refractivity contribution in [3.8, 4) is 0 Å². The molecule has 0 saturated carbocycles. The Labute approximate surface area is 164 Å². The highest BCUT2D eigenvalue weighted by molar-refractivity contribution is 5.96. The highest BCUT2D eigenvalue weighted by Gasteiger charge is 2.44. The van der Waals surface area contributed by atoms with E-state index in [9.17, 15) is 9.90 Å². The largest absolute Gasteiger partial charge is 0.391 e. The topological polar surface area (TPSA) is 87.4 Å². The van der Waals surface area contributed by atoms with Crippen molar-refractivity contribution in [1.29, 1.82) is 0 Å². The number of aliphatic hydroxyl groups is 1. The van der Waals surface area contributed by atoms with Crippen LogP contribution < -0.4 is 4.90 Å². The van der Waals surface area contributed by atoms with Gasteiger partial charge in [0.15, 0.2) is 0 Å². The summed E-state index contributed by atoms with van der Waals surface area (Å²) in [5.74, 6) is 0.770. The molecule has 2 aromatic rings. The highest BCUT2D eigenvalue weighted by atomic mass is 16.3. The first-order chi connectivity index (χ1) is 13.5. The molecule has 5 heterocycles. The molecule has 2 fully saturated rings. The van der Waals surface area contributed by atoms with Crippen LogP contribution in [0.25, 0.3) is 0 Å². The van der Waals surface area contributed by atoms with Crippen molar-refractivity contribution in [1.82, 2.24) is 24.6 Å². The molecular formula is C20H26N6O2. The molecule has 3 aliphatic rings. The van der Waals surface area contributed by atoms with Gasteiger partial charge in [-0.25, -0.2) is 9.97 Å². The third kappa shape index (κ3) is 2.70. The Bertz CT molecular complexity index is 925. The number of carbonyl (C=O) groups excluding carboxylic acids is 1. The number of rotatable bonds is 2. The molecule has 0 aliphatic carbocycles. The average Bonchev–Trinajstić information content (AvgIpc) is 3.19. The Morgan fingerprint density at radius 3 is 2.86 bits per heavy atom. The van der Waals surface area contributed by atoms with Crippen LogP contribution in [0, 0.1) is 6.92 Å². The molecule has 0 spiro atoms. The summed E-state index contributed by atoms with van der Waals surface area (Å²) in [6, 6.07) is 0.223. The van der Waals surface area contributed by atoms with Gasteiger partial charge in [-0.15, -0.1) is 0 Å². The second-order valence-electron chi connectivity index (χ2n) is 8.24. The zero-order valence-electron chi connectivity index (χ0n) is 16.4. The van der Waals surface area contributed by atoms with Gasteiger partial charge in [0.05, 0.1) is 29.6 Å². The summed E-state index contributed by atoms with van der Waals surface area (Å²) in [6.45, 7) is 3.41. The molecule has 3 aliphatic heterocycles. The van der Waals surface area contributed by atoms with E-state index in [1.165, 1.54) is 0 Å². The molecule has 2 bridgehead atoms. The minimum absolute atomic E-state index is 0.0434. The molecule has 2 aromatic heterocycles. The lowest BCUT2D eigenvalue weighted by Crippen LogP contribution is -2.43. The fourth-order valence-electron chi connectivity index (χ4n) is 4.91. The summed E-state index contributed by atoms with van der Waals surface area (Å²) in [5.41, 5.74) is 3.71. The van der Waals surface area contributed by atoms with E-state index in [0.29, 0.717) is 18.1 Å². The Kier molecular flexibility index (Phi) is 4.12. The average molecular weight is 382 g/mol. The Balaban J connectivity index is 1.44. The molecule has 1 N–H and O–H groups in total. The van der Waals surface area contributed by atoms with Gasteiger partial charge in [0.2, 0.25) is 5.95 Å². The van der Waals surface area contributed by atoms with E-state index >= 15 is 0 Å². The van der Waals surface area contributed by atoms with Crippen LogP contribution in [0.15, 0.2) is 12.4 Å². The summed E-state index contributed by atoms with van der Waals surface area (Å²) in [7, 11) is 1.86. The standard InChI is InChI=1S/C20H26N6O2/c1-12-15(10-22-24(12)2)19(28)26-13-5-6-18(26)16-9-21-20(23-17(16)8-13)25-7-3-4-14(27)11-25/h9-10,13-14,18,27H,3-8,11H2,1-2H3/t13-,14+,18-/m0/s1. The van der Waals surface area contributed by atoms with Crippen molar-refractivity contribution in [3.05, 3.63) is 34.9 Å². The van der Waals surface area contributed by atoms with Gasteiger partial charge in [-0.2, -0.15) is 5.10 Å². The molecule has 0 aromatic carbocycles. The van der Waals surface area contributed by atoms with Crippen LogP contribution in [0.2, 0.25) is 0 Å². The van der Waals surface area contributed by atoms with E-state index in [1.54, 1.807) is 10.9 Å². The fraction of sp³-hybridized carbons (Fsp3) is 0.600. The van der Waals surface area contributed by atoms with Crippen LogP contribution in [-0.4, -0.2) is 60.9 Å². The third-order valence-electron chi connectivity index (χ3n) is 6.56. The molecule has 8 heteroatoms. The number of aromatic nitrogens is 4. The maximum absolute atomic E-state index is 13.3. The number of hydrogen-bond acceptors (Lipinski definition) is 6. The van der Waals surface area contributed by atoms with E-state index in [2.05, 4.69) is 15.0 Å². The second-order valence-corrected chi connectivity index (χ2v) is 8.24. The minimum atomic E-state index is -0.305. The van der Waals surface area contributed by atoms with Crippen molar-refractivity contribution >= 4 is 11.9 Å². The highest BCUT2D eigenvalue weighted by Crippen LogP contribution is 2.44. The molecule has 8 nitrogen and oxygen atoms in total. The number of anilines is 1. The number of aliphatic hydroxyl groups excluding tert-OH is 1. The van der Waals surface area contributed by atoms with Crippen molar-refractivity contribution in [2.45, 2.75) is 57.2 Å². The quantitative estimate of drug-likeness (QED) is 0.844. The van der Waals surface area contributed by atoms with Crippen molar-refractivity contribution in [2.24, 2.45) is 7.05 Å². The number of fused-ring (bicyclic) bond motifs is 4. The van der Waals surface area contributed by atoms with Crippen LogP contribution in [0.4, 0.5) is 5.95 Å². The zero-order valence-corrected chi connectivity index (χ0v) is 16.4. The molecule has 1 amide bonds. The van der Waals surface area contributed by atoms with Gasteiger partial charge in [0.25, 0.3) is 5.91 Å². The first kappa shape index (κ1) is 17.6. The van der Waals surface area contributed by atoms with Crippen molar-refractivity contribution < 1.29 is 9.90 Å². The lowest BCUT2D eigenvalue weighted by molar-refractivity contribution is 0.0643. The molecule has 28 heavy (non-hydrogen) atoms. The predicted molar refractivity (Wildman–Crippen MR) is 103 cm³/mol. The van der Waals surface area contributed by atoms with E-state index < -0.39 is 0 Å². The van der Waals surface area contributed by atoms with Gasteiger partial charge in [-0.3, -0.25) is 9.48 Å². The van der Waals surface area contributed by atoms with Crippen LogP contribution in [-0.2, 0) is 13.5 Å². The minimum Gasteiger partial charge on any atom is -0.391 e. The first-order valence-corrected chi connectivity index (χ1v) is 10.1. The number of hydrogen-bond donors (Lipinski definition) is 1. The summed E-state index contributed by atoms with van der Waals surface area (Å²) >= 11 is 0. The van der Waals surface area contributed by atoms with Crippen LogP contribution in [0.3, 0.4) is 0 Å². The Morgan fingerprint density at radius 2 is 2.11 bits per heavy atom. The van der Waals surface area contributed by atoms with Gasteiger partial charge in [-0.05, 0) is 32.6 Å². The van der Waals surface area contributed by atoms with Gasteiger partial charge < -0.3 is 14.9 Å². The molecule has 5 rings (SSSR count). The predicted octanol–water partition coefficient (Wildman–Crippen LogP) is 1.38. The normalized spacial score (nSPS) is 26.5. The number of nitrogens with zero attached hydrogens (tertiary/aromatic N) is 6. The zero-order chi connectivity index (χ0) is 19.4. The maximum atomic E-state index is 13.3. The van der Waals surface area contributed by atoms with Crippen molar-refractivity contribution in [2.75, 3.05) is 18.0 Å². The second kappa shape index (κ2) is 6.55. The number of piperidine rings is 1. The number of aryl methyl sites for hydroxylation is 1. The van der Waals surface area contributed by atoms with E-state index in [0.717, 1.165) is 55.6 Å². The van der Waals surface area contributed by atoms with Gasteiger partial charge >= 0.3 is 0 Å². The Morgan fingerprint density at radius 1 is 1.25 bits per heavy atom. The van der Waals surface area contributed by atoms with Crippen molar-refractivity contribution in [3.63, 3.8) is 0 Å². The molecule has 148 valence electrons. The third-order valence-corrected chi connectivity index (χ3v) is 6.56. The van der Waals surface area contributed by atoms with Crippen LogP contribution in [0.5, 0.6) is 0 Å². The van der Waals surface area contributed by atoms with E-state index in [-0.39, 0.29) is 24.1 Å². The van der Waals surface area contributed by atoms with Gasteiger partial charge in [0.1, 0.15) is 0 Å². The number of β-amino-alcohol motifs (C(OH)–C–C–N with tert-alkyl or cyclic N) is 1. The van der Waals surface area contributed by atoms with Crippen LogP contribution >= 0.6 is 0 Å². The summed E-state index contributed by atoms with van der Waals surface area (Å²) in [4.78, 5) is 26.8. The Hall–Kier alpha value is -2.48. The molecule has 0 unspecified atom stereocenters. The van der Waals surface area contributed by atoms with E-state index in [4.69, 9.17) is 4.98 Å². The van der Waals surface area contributed by atoms with Gasteiger partial charge in [-0.1, -0.05) is 0 Å². The lowest BCUT2D eigenvalue weighted by Gasteiger charge is -2.36. The number of carbonyl (C=O) groups is 1. The summed E-state index contributed by atoms with van der Waals surface area (Å²) in [5, 5.41) is 14.2. The first-order valence-electron chi connectivity index (χ1n) is 10.1. The molecule has 0 radical (unpaired) electrons. The SMILES string of the molecule is Cc1c(C(=O)N2[C@H]3CC[C@H]2c2cnc(N4CCC[C@@H](O)C4)nc2C3)cnn1C. The lowest BCUT2D eigenvalue weighted by atomic mass is 9.98. The molecular weight excluding hydrogens is 356 g/mol.